The first-order valence-electron chi connectivity index (χ1n) is 5.38. The van der Waals surface area contributed by atoms with Crippen LogP contribution < -0.4 is 0 Å². The third-order valence-corrected chi connectivity index (χ3v) is 2.63. The van der Waals surface area contributed by atoms with E-state index < -0.39 is 5.97 Å². The van der Waals surface area contributed by atoms with E-state index in [0.717, 1.165) is 11.3 Å². The number of aromatic carboxylic acids is 1. The van der Waals surface area contributed by atoms with E-state index in [4.69, 9.17) is 5.11 Å². The molecular formula is C13H9N3O2. The van der Waals surface area contributed by atoms with E-state index in [1.807, 2.05) is 36.4 Å². The highest BCUT2D eigenvalue weighted by Gasteiger charge is 2.08. The van der Waals surface area contributed by atoms with Gasteiger partial charge in [-0.1, -0.05) is 30.3 Å². The normalized spacial score (nSPS) is 10.7. The van der Waals surface area contributed by atoms with E-state index in [0.29, 0.717) is 5.65 Å². The van der Waals surface area contributed by atoms with Gasteiger partial charge in [-0.3, -0.25) is 0 Å². The van der Waals surface area contributed by atoms with Crippen molar-refractivity contribution >= 4 is 11.6 Å². The summed E-state index contributed by atoms with van der Waals surface area (Å²) in [6, 6.07) is 11.5. The first-order valence-corrected chi connectivity index (χ1v) is 5.38. The topological polar surface area (TPSA) is 67.5 Å². The molecule has 0 radical (unpaired) electrons. The van der Waals surface area contributed by atoms with Crippen molar-refractivity contribution in [2.75, 3.05) is 0 Å². The number of nitrogens with zero attached hydrogens (tertiary/aromatic N) is 3. The van der Waals surface area contributed by atoms with E-state index in [-0.39, 0.29) is 5.56 Å². The Balaban J connectivity index is 2.14. The number of aromatic nitrogens is 3. The van der Waals surface area contributed by atoms with Gasteiger partial charge in [0.2, 0.25) is 0 Å². The molecule has 2 heterocycles. The molecule has 3 aromatic rings. The SMILES string of the molecule is O=C(O)c1cnc2cc(-c3ccccc3)nn2c1. The quantitative estimate of drug-likeness (QED) is 0.743. The molecular weight excluding hydrogens is 230 g/mol. The first kappa shape index (κ1) is 10.5. The lowest BCUT2D eigenvalue weighted by Crippen LogP contribution is -2.00. The molecule has 0 unspecified atom stereocenters. The minimum absolute atomic E-state index is 0.116. The molecule has 5 heteroatoms. The van der Waals surface area contributed by atoms with Crippen LogP contribution in [0, 0.1) is 0 Å². The van der Waals surface area contributed by atoms with Crippen molar-refractivity contribution in [2.45, 2.75) is 0 Å². The Hall–Kier alpha value is -2.69. The third-order valence-electron chi connectivity index (χ3n) is 2.63. The molecule has 0 aliphatic heterocycles. The molecule has 0 atom stereocenters. The van der Waals surface area contributed by atoms with Crippen LogP contribution in [0.2, 0.25) is 0 Å². The molecule has 0 amide bonds. The number of carboxylic acids is 1. The molecule has 0 aliphatic carbocycles. The van der Waals surface area contributed by atoms with Crippen molar-refractivity contribution in [3.05, 3.63) is 54.4 Å². The number of hydrogen-bond donors (Lipinski definition) is 1. The van der Waals surface area contributed by atoms with Crippen molar-refractivity contribution in [1.82, 2.24) is 14.6 Å². The van der Waals surface area contributed by atoms with Gasteiger partial charge < -0.3 is 5.11 Å². The van der Waals surface area contributed by atoms with Crippen LogP contribution >= 0.6 is 0 Å². The number of hydrogen-bond acceptors (Lipinski definition) is 3. The van der Waals surface area contributed by atoms with Gasteiger partial charge in [-0.2, -0.15) is 5.10 Å². The summed E-state index contributed by atoms with van der Waals surface area (Å²) in [5.41, 5.74) is 2.48. The standard InChI is InChI=1S/C13H9N3O2/c17-13(18)10-7-14-12-6-11(15-16(12)8-10)9-4-2-1-3-5-9/h1-8H,(H,17,18). The molecule has 1 aromatic carbocycles. The molecule has 0 bridgehead atoms. The predicted octanol–water partition coefficient (Wildman–Crippen LogP) is 2.09. The highest BCUT2D eigenvalue weighted by atomic mass is 16.4. The van der Waals surface area contributed by atoms with Gasteiger partial charge in [0.05, 0.1) is 11.3 Å². The number of carbonyl (C=O) groups is 1. The highest BCUT2D eigenvalue weighted by molar-refractivity contribution is 5.87. The maximum Gasteiger partial charge on any atom is 0.338 e. The molecule has 18 heavy (non-hydrogen) atoms. The van der Waals surface area contributed by atoms with Crippen LogP contribution in [0.1, 0.15) is 10.4 Å². The van der Waals surface area contributed by atoms with E-state index in [2.05, 4.69) is 10.1 Å². The summed E-state index contributed by atoms with van der Waals surface area (Å²) in [6.45, 7) is 0. The molecule has 3 rings (SSSR count). The minimum atomic E-state index is -1.01. The van der Waals surface area contributed by atoms with Crippen molar-refractivity contribution in [3.8, 4) is 11.3 Å². The van der Waals surface area contributed by atoms with Crippen molar-refractivity contribution in [3.63, 3.8) is 0 Å². The van der Waals surface area contributed by atoms with E-state index in [1.54, 1.807) is 0 Å². The van der Waals surface area contributed by atoms with Gasteiger partial charge in [0.25, 0.3) is 0 Å². The van der Waals surface area contributed by atoms with Gasteiger partial charge in [-0.25, -0.2) is 14.3 Å². The largest absolute Gasteiger partial charge is 0.478 e. The van der Waals surface area contributed by atoms with E-state index >= 15 is 0 Å². The summed E-state index contributed by atoms with van der Waals surface area (Å²) in [7, 11) is 0. The number of fused-ring (bicyclic) bond motifs is 1. The van der Waals surface area contributed by atoms with Gasteiger partial charge in [0.1, 0.15) is 0 Å². The predicted molar refractivity (Wildman–Crippen MR) is 65.4 cm³/mol. The molecule has 1 N–H and O–H groups in total. The van der Waals surface area contributed by atoms with Crippen LogP contribution in [0.25, 0.3) is 16.9 Å². The molecule has 0 spiro atoms. The number of rotatable bonds is 2. The van der Waals surface area contributed by atoms with Crippen LogP contribution in [0.5, 0.6) is 0 Å². The molecule has 88 valence electrons. The van der Waals surface area contributed by atoms with Crippen LogP contribution in [0.15, 0.2) is 48.8 Å². The van der Waals surface area contributed by atoms with Crippen molar-refractivity contribution in [1.29, 1.82) is 0 Å². The fraction of sp³-hybridized carbons (Fsp3) is 0. The Labute approximate surface area is 102 Å². The summed E-state index contributed by atoms with van der Waals surface area (Å²) in [5.74, 6) is -1.01. The Morgan fingerprint density at radius 2 is 2.00 bits per heavy atom. The lowest BCUT2D eigenvalue weighted by atomic mass is 10.2. The summed E-state index contributed by atoms with van der Waals surface area (Å²) in [4.78, 5) is 14.9. The number of benzene rings is 1. The summed E-state index contributed by atoms with van der Waals surface area (Å²) in [5, 5.41) is 13.2. The lowest BCUT2D eigenvalue weighted by molar-refractivity contribution is 0.0695. The van der Waals surface area contributed by atoms with Crippen molar-refractivity contribution in [2.24, 2.45) is 0 Å². The lowest BCUT2D eigenvalue weighted by Gasteiger charge is -1.95. The Morgan fingerprint density at radius 1 is 1.22 bits per heavy atom. The van der Waals surface area contributed by atoms with Gasteiger partial charge in [0, 0.05) is 24.0 Å². The maximum atomic E-state index is 10.8. The smallest absolute Gasteiger partial charge is 0.338 e. The zero-order valence-corrected chi connectivity index (χ0v) is 9.32. The zero-order chi connectivity index (χ0) is 12.5. The fourth-order valence-electron chi connectivity index (χ4n) is 1.74. The summed E-state index contributed by atoms with van der Waals surface area (Å²) < 4.78 is 1.48. The first-order chi connectivity index (χ1) is 8.74. The fourth-order valence-corrected chi connectivity index (χ4v) is 1.74. The molecule has 5 nitrogen and oxygen atoms in total. The van der Waals surface area contributed by atoms with Crippen LogP contribution in [-0.4, -0.2) is 25.7 Å². The van der Waals surface area contributed by atoms with Gasteiger partial charge in [0.15, 0.2) is 5.65 Å². The molecule has 0 saturated carbocycles. The second kappa shape index (κ2) is 3.96. The van der Waals surface area contributed by atoms with Crippen LogP contribution in [0.4, 0.5) is 0 Å². The Kier molecular flexibility index (Phi) is 2.30. The second-order valence-electron chi connectivity index (χ2n) is 3.85. The monoisotopic (exact) mass is 239 g/mol. The van der Waals surface area contributed by atoms with Gasteiger partial charge in [-0.15, -0.1) is 0 Å². The van der Waals surface area contributed by atoms with E-state index in [1.165, 1.54) is 16.9 Å². The van der Waals surface area contributed by atoms with E-state index in [9.17, 15) is 4.79 Å². The highest BCUT2D eigenvalue weighted by Crippen LogP contribution is 2.18. The molecule has 0 aliphatic rings. The van der Waals surface area contributed by atoms with Gasteiger partial charge in [-0.05, 0) is 0 Å². The summed E-state index contributed by atoms with van der Waals surface area (Å²) in [6.07, 6.45) is 2.78. The Morgan fingerprint density at radius 3 is 2.72 bits per heavy atom. The van der Waals surface area contributed by atoms with Crippen molar-refractivity contribution < 1.29 is 9.90 Å². The van der Waals surface area contributed by atoms with Gasteiger partial charge >= 0.3 is 5.97 Å². The third kappa shape index (κ3) is 1.71. The summed E-state index contributed by atoms with van der Waals surface area (Å²) >= 11 is 0. The minimum Gasteiger partial charge on any atom is -0.478 e. The number of carboxylic acid groups (broad SMARTS) is 1. The zero-order valence-electron chi connectivity index (χ0n) is 9.32. The average Bonchev–Trinajstić information content (AvgIpc) is 2.82. The molecule has 2 aromatic heterocycles. The van der Waals surface area contributed by atoms with Crippen LogP contribution in [-0.2, 0) is 0 Å². The Bertz CT molecular complexity index is 719. The maximum absolute atomic E-state index is 10.8. The molecule has 0 fully saturated rings. The molecule has 0 saturated heterocycles. The second-order valence-corrected chi connectivity index (χ2v) is 3.85. The average molecular weight is 239 g/mol. The van der Waals surface area contributed by atoms with Crippen LogP contribution in [0.3, 0.4) is 0 Å².